The third kappa shape index (κ3) is 10.7. The Labute approximate surface area is 122 Å². The number of carboxylic acid groups (broad SMARTS) is 1. The van der Waals surface area contributed by atoms with Gasteiger partial charge < -0.3 is 38.0 Å². The Morgan fingerprint density at radius 1 is 1.36 bits per heavy atom. The molecule has 1 atom stereocenters. The van der Waals surface area contributed by atoms with Gasteiger partial charge in [0.15, 0.2) is 0 Å². The summed E-state index contributed by atoms with van der Waals surface area (Å²) >= 11 is 0. The minimum Gasteiger partial charge on any atom is -0.465 e. The van der Waals surface area contributed by atoms with Crippen LogP contribution in [0.5, 0.6) is 0 Å². The molecule has 1 aliphatic heterocycles. The van der Waals surface area contributed by atoms with Gasteiger partial charge in [-0.2, -0.15) is 0 Å². The first-order valence-corrected chi connectivity index (χ1v) is 3.49. The number of hydrogen-bond acceptors (Lipinski definition) is 2. The molecular formula is C9H21CeN2O2. The van der Waals surface area contributed by atoms with Gasteiger partial charge in [-0.1, -0.05) is 0 Å². The Morgan fingerprint density at radius 3 is 2.29 bits per heavy atom. The van der Waals surface area contributed by atoms with Crippen molar-refractivity contribution in [3.8, 4) is 0 Å². The number of amides is 1. The molecule has 0 unspecified atom stereocenters. The molecule has 0 aromatic carbocycles. The molecule has 1 fully saturated rings. The van der Waals surface area contributed by atoms with Crippen molar-refractivity contribution in [2.24, 2.45) is 0 Å². The smallest absolute Gasteiger partial charge is 0.465 e. The van der Waals surface area contributed by atoms with Crippen LogP contribution in [0.15, 0.2) is 0 Å². The number of rotatable bonds is 1. The summed E-state index contributed by atoms with van der Waals surface area (Å²) in [4.78, 5) is 10.1. The summed E-state index contributed by atoms with van der Waals surface area (Å²) < 4.78 is 0. The fourth-order valence-corrected chi connectivity index (χ4v) is 1.15. The maximum Gasteiger partial charge on any atom is 3.00 e. The third-order valence-electron chi connectivity index (χ3n) is 1.62. The van der Waals surface area contributed by atoms with E-state index in [2.05, 4.69) is 10.6 Å². The monoisotopic (exact) mass is 329 g/mol. The average Bonchev–Trinajstić information content (AvgIpc) is 1.88. The molecule has 0 spiro atoms. The molecule has 1 radical (unpaired) electrons. The minimum atomic E-state index is -0.922. The molecule has 0 saturated carbocycles. The number of piperidine rings is 1. The molecule has 14 heavy (non-hydrogen) atoms. The van der Waals surface area contributed by atoms with Crippen LogP contribution in [0.3, 0.4) is 0 Å². The van der Waals surface area contributed by atoms with Crippen molar-refractivity contribution in [2.75, 3.05) is 13.1 Å². The van der Waals surface area contributed by atoms with E-state index in [1.165, 1.54) is 0 Å². The van der Waals surface area contributed by atoms with Crippen molar-refractivity contribution >= 4 is 6.09 Å². The van der Waals surface area contributed by atoms with Crippen LogP contribution < -0.4 is 10.6 Å². The van der Waals surface area contributed by atoms with E-state index in [4.69, 9.17) is 5.11 Å². The van der Waals surface area contributed by atoms with Crippen LogP contribution in [0, 0.1) is 64.0 Å². The van der Waals surface area contributed by atoms with Crippen LogP contribution in [-0.4, -0.2) is 30.3 Å². The maximum absolute atomic E-state index is 10.1. The predicted octanol–water partition coefficient (Wildman–Crippen LogP) is 1.36. The molecule has 0 aromatic rings. The molecule has 1 amide bonds. The topological polar surface area (TPSA) is 61.4 Å². The zero-order valence-electron chi connectivity index (χ0n) is 9.26. The summed E-state index contributed by atoms with van der Waals surface area (Å²) in [5.41, 5.74) is 0. The standard InChI is InChI=1S/C6H12N2O2.3CH3.Ce/c9-6(10)8-5-2-1-3-7-4-5;;;;/h5,7-8H,1-4H2,(H,9,10);3*1H3;/q;3*-1;+3/t5-;;;;/m1..../s1. The van der Waals surface area contributed by atoms with Gasteiger partial charge in [-0.05, 0) is 19.4 Å². The van der Waals surface area contributed by atoms with E-state index in [-0.39, 0.29) is 70.1 Å². The Hall–Kier alpha value is 0.607. The van der Waals surface area contributed by atoms with Crippen LogP contribution in [0.2, 0.25) is 0 Å². The van der Waals surface area contributed by atoms with Crippen molar-refractivity contribution in [1.82, 2.24) is 10.6 Å². The maximum atomic E-state index is 10.1. The fourth-order valence-electron chi connectivity index (χ4n) is 1.15. The van der Waals surface area contributed by atoms with Gasteiger partial charge >= 0.3 is 47.8 Å². The number of nitrogens with one attached hydrogen (secondary N) is 2. The molecule has 0 aromatic heterocycles. The van der Waals surface area contributed by atoms with Gasteiger partial charge in [0.2, 0.25) is 0 Å². The second-order valence-corrected chi connectivity index (χ2v) is 2.49. The van der Waals surface area contributed by atoms with Crippen LogP contribution in [-0.2, 0) is 0 Å². The van der Waals surface area contributed by atoms with E-state index in [0.29, 0.717) is 0 Å². The van der Waals surface area contributed by atoms with Crippen LogP contribution in [0.4, 0.5) is 4.79 Å². The second-order valence-electron chi connectivity index (χ2n) is 2.49. The van der Waals surface area contributed by atoms with E-state index in [1.54, 1.807) is 0 Å². The summed E-state index contributed by atoms with van der Waals surface area (Å²) in [6, 6.07) is 0.117. The van der Waals surface area contributed by atoms with Gasteiger partial charge in [0.1, 0.15) is 0 Å². The van der Waals surface area contributed by atoms with Crippen molar-refractivity contribution in [3.05, 3.63) is 22.3 Å². The summed E-state index contributed by atoms with van der Waals surface area (Å²) in [6.45, 7) is 1.78. The normalized spacial score (nSPS) is 18.4. The SMILES string of the molecule is O=C(O)N[C@@H]1CCCNC1.[CH3-].[CH3-].[CH3-].[Ce+3]. The van der Waals surface area contributed by atoms with Gasteiger partial charge in [-0.25, -0.2) is 4.79 Å². The molecule has 3 N–H and O–H groups in total. The summed E-state index contributed by atoms with van der Waals surface area (Å²) in [5.74, 6) is 0. The van der Waals surface area contributed by atoms with Crippen LogP contribution >= 0.6 is 0 Å². The van der Waals surface area contributed by atoms with Gasteiger partial charge in [0.25, 0.3) is 0 Å². The van der Waals surface area contributed by atoms with Gasteiger partial charge in [-0.15, -0.1) is 0 Å². The second kappa shape index (κ2) is 13.6. The average molecular weight is 329 g/mol. The van der Waals surface area contributed by atoms with E-state index in [9.17, 15) is 4.79 Å². The molecule has 4 nitrogen and oxygen atoms in total. The van der Waals surface area contributed by atoms with Crippen molar-refractivity contribution in [3.63, 3.8) is 0 Å². The van der Waals surface area contributed by atoms with Crippen molar-refractivity contribution in [2.45, 2.75) is 18.9 Å². The summed E-state index contributed by atoms with van der Waals surface area (Å²) in [7, 11) is 0. The van der Waals surface area contributed by atoms with Gasteiger partial charge in [0.05, 0.1) is 0 Å². The summed E-state index contributed by atoms with van der Waals surface area (Å²) in [5, 5.41) is 13.9. The van der Waals surface area contributed by atoms with Crippen LogP contribution in [0.1, 0.15) is 12.8 Å². The summed E-state index contributed by atoms with van der Waals surface area (Å²) in [6.07, 6.45) is 1.10. The first kappa shape index (κ1) is 24.0. The van der Waals surface area contributed by atoms with Gasteiger partial charge in [0, 0.05) is 12.6 Å². The molecule has 1 saturated heterocycles. The molecular weight excluding hydrogens is 308 g/mol. The Bertz CT molecular complexity index is 128. The molecule has 83 valence electrons. The van der Waals surface area contributed by atoms with E-state index >= 15 is 0 Å². The Balaban J connectivity index is -0.000000125. The van der Waals surface area contributed by atoms with Crippen LogP contribution in [0.25, 0.3) is 0 Å². The number of carbonyl (C=O) groups is 1. The zero-order chi connectivity index (χ0) is 7.40. The van der Waals surface area contributed by atoms with E-state index in [0.717, 1.165) is 25.9 Å². The van der Waals surface area contributed by atoms with Crippen molar-refractivity contribution < 1.29 is 51.6 Å². The molecule has 1 heterocycles. The Morgan fingerprint density at radius 2 is 1.93 bits per heavy atom. The quantitative estimate of drug-likeness (QED) is 0.637. The number of hydrogen-bond donors (Lipinski definition) is 3. The van der Waals surface area contributed by atoms with E-state index < -0.39 is 6.09 Å². The first-order valence-electron chi connectivity index (χ1n) is 3.49. The minimum absolute atomic E-state index is 0. The van der Waals surface area contributed by atoms with Gasteiger partial charge in [-0.3, -0.25) is 0 Å². The predicted molar refractivity (Wildman–Crippen MR) is 56.3 cm³/mol. The Kier molecular flexibility index (Phi) is 23.4. The first-order chi connectivity index (χ1) is 4.79. The van der Waals surface area contributed by atoms with E-state index in [1.807, 2.05) is 0 Å². The molecule has 5 heteroatoms. The van der Waals surface area contributed by atoms with Crippen molar-refractivity contribution in [1.29, 1.82) is 0 Å². The third-order valence-corrected chi connectivity index (χ3v) is 1.62. The fraction of sp³-hybridized carbons (Fsp3) is 0.556. The molecule has 0 bridgehead atoms. The molecule has 0 aliphatic carbocycles. The largest absolute Gasteiger partial charge is 3.00 e. The molecule has 1 aliphatic rings. The molecule has 1 rings (SSSR count). The zero-order valence-corrected chi connectivity index (χ0v) is 12.4.